The zero-order valence-corrected chi connectivity index (χ0v) is 19.8. The number of benzene rings is 2. The van der Waals surface area contributed by atoms with Gasteiger partial charge in [0.05, 0.1) is 13.0 Å². The lowest BCUT2D eigenvalue weighted by molar-refractivity contribution is -0.126. The van der Waals surface area contributed by atoms with Crippen LogP contribution in [0.15, 0.2) is 48.5 Å². The van der Waals surface area contributed by atoms with Gasteiger partial charge >= 0.3 is 0 Å². The Morgan fingerprint density at radius 2 is 1.80 bits per heavy atom. The summed E-state index contributed by atoms with van der Waals surface area (Å²) in [5.74, 6) is -1.02. The number of piperidine rings is 1. The number of hydrogen-bond donors (Lipinski definition) is 2. The Hall–Kier alpha value is -3.86. The molecule has 2 N–H and O–H groups in total. The molecule has 1 fully saturated rings. The van der Waals surface area contributed by atoms with Gasteiger partial charge in [-0.05, 0) is 54.8 Å². The van der Waals surface area contributed by atoms with Gasteiger partial charge in [-0.3, -0.25) is 14.4 Å². The van der Waals surface area contributed by atoms with Crippen LogP contribution in [0.1, 0.15) is 38.0 Å². The molecule has 2 aromatic carbocycles. The highest BCUT2D eigenvalue weighted by atomic mass is 32.1. The predicted octanol–water partition coefficient (Wildman–Crippen LogP) is 3.11. The van der Waals surface area contributed by atoms with Crippen LogP contribution in [-0.4, -0.2) is 53.0 Å². The second-order valence-electron chi connectivity index (χ2n) is 8.03. The average Bonchev–Trinajstić information content (AvgIpc) is 3.39. The number of anilines is 1. The van der Waals surface area contributed by atoms with E-state index in [0.717, 1.165) is 16.9 Å². The fourth-order valence-electron chi connectivity index (χ4n) is 3.71. The van der Waals surface area contributed by atoms with E-state index in [2.05, 4.69) is 20.8 Å². The van der Waals surface area contributed by atoms with Crippen LogP contribution < -0.4 is 15.4 Å². The monoisotopic (exact) mass is 497 g/mol. The van der Waals surface area contributed by atoms with Gasteiger partial charge in [0, 0.05) is 25.3 Å². The number of amides is 3. The zero-order valence-electron chi connectivity index (χ0n) is 19.0. The molecular formula is C24H24FN5O4S. The number of likely N-dealkylation sites (tertiary alicyclic amines) is 1. The van der Waals surface area contributed by atoms with E-state index in [1.165, 1.54) is 12.1 Å². The molecule has 0 unspecified atom stereocenters. The molecule has 182 valence electrons. The van der Waals surface area contributed by atoms with E-state index in [-0.39, 0.29) is 46.7 Å². The smallest absolute Gasteiger partial charge is 0.286 e. The van der Waals surface area contributed by atoms with Crippen molar-refractivity contribution in [2.75, 3.05) is 25.5 Å². The van der Waals surface area contributed by atoms with E-state index < -0.39 is 5.91 Å². The molecule has 35 heavy (non-hydrogen) atoms. The summed E-state index contributed by atoms with van der Waals surface area (Å²) >= 11 is 0.907. The summed E-state index contributed by atoms with van der Waals surface area (Å²) in [4.78, 5) is 39.7. The molecule has 2 heterocycles. The number of carbonyl (C=O) groups excluding carboxylic acids is 3. The molecule has 0 spiro atoms. The summed E-state index contributed by atoms with van der Waals surface area (Å²) in [5.41, 5.74) is 1.35. The van der Waals surface area contributed by atoms with Crippen molar-refractivity contribution in [2.45, 2.75) is 19.4 Å². The number of rotatable bonds is 7. The molecular weight excluding hydrogens is 473 g/mol. The number of carbonyl (C=O) groups is 3. The summed E-state index contributed by atoms with van der Waals surface area (Å²) in [5, 5.41) is 13.5. The van der Waals surface area contributed by atoms with Gasteiger partial charge in [0.2, 0.25) is 15.9 Å². The minimum atomic E-state index is -0.469. The maximum atomic E-state index is 13.0. The number of ether oxygens (including phenoxy) is 1. The summed E-state index contributed by atoms with van der Waals surface area (Å²) in [6, 6.07) is 12.7. The fraction of sp³-hybridized carbons (Fsp3) is 0.292. The highest BCUT2D eigenvalue weighted by Gasteiger charge is 2.30. The van der Waals surface area contributed by atoms with Crippen LogP contribution in [0, 0.1) is 11.7 Å². The van der Waals surface area contributed by atoms with Crippen LogP contribution in [0.3, 0.4) is 0 Å². The molecule has 1 aliphatic rings. The molecule has 0 radical (unpaired) electrons. The molecule has 11 heteroatoms. The first-order valence-corrected chi connectivity index (χ1v) is 11.8. The quantitative estimate of drug-likeness (QED) is 0.519. The van der Waals surface area contributed by atoms with E-state index in [0.29, 0.717) is 30.8 Å². The molecule has 1 aliphatic heterocycles. The SMILES string of the molecule is COc1ccc(NC(=O)c2nnc(C(=O)N3CCC[C@H](C(=O)NCc4ccc(F)cc4)C3)s2)cc1. The number of methoxy groups -OCH3 is 1. The molecule has 0 bridgehead atoms. The maximum absolute atomic E-state index is 13.0. The fourth-order valence-corrected chi connectivity index (χ4v) is 4.41. The van der Waals surface area contributed by atoms with Gasteiger partial charge in [-0.2, -0.15) is 0 Å². The predicted molar refractivity (Wildman–Crippen MR) is 128 cm³/mol. The molecule has 4 rings (SSSR count). The maximum Gasteiger partial charge on any atom is 0.286 e. The number of nitrogens with one attached hydrogen (secondary N) is 2. The van der Waals surface area contributed by atoms with Gasteiger partial charge in [0.1, 0.15) is 11.6 Å². The number of halogens is 1. The minimum Gasteiger partial charge on any atom is -0.497 e. The third-order valence-electron chi connectivity index (χ3n) is 5.61. The number of hydrogen-bond acceptors (Lipinski definition) is 7. The highest BCUT2D eigenvalue weighted by molar-refractivity contribution is 7.15. The second-order valence-corrected chi connectivity index (χ2v) is 9.01. The zero-order chi connectivity index (χ0) is 24.8. The molecule has 9 nitrogen and oxygen atoms in total. The van der Waals surface area contributed by atoms with Crippen molar-refractivity contribution in [1.82, 2.24) is 20.4 Å². The summed E-state index contributed by atoms with van der Waals surface area (Å²) in [7, 11) is 1.55. The van der Waals surface area contributed by atoms with Crippen molar-refractivity contribution in [3.05, 3.63) is 69.9 Å². The van der Waals surface area contributed by atoms with Gasteiger partial charge in [-0.15, -0.1) is 10.2 Å². The first-order valence-electron chi connectivity index (χ1n) is 11.0. The van der Waals surface area contributed by atoms with E-state index in [4.69, 9.17) is 4.74 Å². The Balaban J connectivity index is 1.32. The minimum absolute atomic E-state index is 0.0646. The lowest BCUT2D eigenvalue weighted by Gasteiger charge is -2.31. The third kappa shape index (κ3) is 6.18. The van der Waals surface area contributed by atoms with Crippen molar-refractivity contribution in [1.29, 1.82) is 0 Å². The molecule has 3 amide bonds. The van der Waals surface area contributed by atoms with Gasteiger partial charge in [0.15, 0.2) is 0 Å². The lowest BCUT2D eigenvalue weighted by atomic mass is 9.97. The van der Waals surface area contributed by atoms with Crippen LogP contribution in [0.4, 0.5) is 10.1 Å². The first-order chi connectivity index (χ1) is 16.9. The molecule has 3 aromatic rings. The van der Waals surface area contributed by atoms with Gasteiger partial charge in [-0.25, -0.2) is 4.39 Å². The first kappa shape index (κ1) is 24.3. The van der Waals surface area contributed by atoms with Gasteiger partial charge in [-0.1, -0.05) is 23.5 Å². The summed E-state index contributed by atoms with van der Waals surface area (Å²) < 4.78 is 18.1. The van der Waals surface area contributed by atoms with E-state index in [9.17, 15) is 18.8 Å². The Morgan fingerprint density at radius 1 is 1.09 bits per heavy atom. The molecule has 1 aromatic heterocycles. The van der Waals surface area contributed by atoms with Crippen molar-refractivity contribution in [3.8, 4) is 5.75 Å². The highest BCUT2D eigenvalue weighted by Crippen LogP contribution is 2.22. The Kier molecular flexibility index (Phi) is 7.66. The molecule has 1 atom stereocenters. The van der Waals surface area contributed by atoms with Crippen LogP contribution in [-0.2, 0) is 11.3 Å². The van der Waals surface area contributed by atoms with Crippen LogP contribution in [0.2, 0.25) is 0 Å². The van der Waals surface area contributed by atoms with Crippen molar-refractivity contribution in [2.24, 2.45) is 5.92 Å². The average molecular weight is 498 g/mol. The van der Waals surface area contributed by atoms with Crippen LogP contribution in [0.5, 0.6) is 5.75 Å². The molecule has 1 saturated heterocycles. The van der Waals surface area contributed by atoms with Crippen molar-refractivity contribution < 1.29 is 23.5 Å². The topological polar surface area (TPSA) is 114 Å². The number of nitrogens with zero attached hydrogens (tertiary/aromatic N) is 3. The summed E-state index contributed by atoms with van der Waals surface area (Å²) in [6.07, 6.45) is 1.33. The molecule has 0 saturated carbocycles. The standard InChI is InChI=1S/C24H24FN5O4S/c1-34-19-10-8-18(9-11-19)27-21(32)22-28-29-23(35-22)24(33)30-12-2-3-16(14-30)20(31)26-13-15-4-6-17(25)7-5-15/h4-11,16H,2-3,12-14H2,1H3,(H,26,31)(H,27,32)/t16-/m0/s1. The normalized spacial score (nSPS) is 15.4. The third-order valence-corrected chi connectivity index (χ3v) is 6.52. The Morgan fingerprint density at radius 3 is 2.51 bits per heavy atom. The number of aromatic nitrogens is 2. The van der Waals surface area contributed by atoms with Crippen molar-refractivity contribution >= 4 is 34.7 Å². The Labute approximate surface area is 205 Å². The second kappa shape index (κ2) is 11.0. The van der Waals surface area contributed by atoms with Crippen LogP contribution in [0.25, 0.3) is 0 Å². The molecule has 0 aliphatic carbocycles. The van der Waals surface area contributed by atoms with Gasteiger partial charge in [0.25, 0.3) is 11.8 Å². The lowest BCUT2D eigenvalue weighted by Crippen LogP contribution is -2.45. The van der Waals surface area contributed by atoms with Crippen molar-refractivity contribution in [3.63, 3.8) is 0 Å². The van der Waals surface area contributed by atoms with E-state index >= 15 is 0 Å². The largest absolute Gasteiger partial charge is 0.497 e. The van der Waals surface area contributed by atoms with Gasteiger partial charge < -0.3 is 20.3 Å². The Bertz CT molecular complexity index is 1200. The van der Waals surface area contributed by atoms with E-state index in [1.54, 1.807) is 48.4 Å². The van der Waals surface area contributed by atoms with Crippen LogP contribution >= 0.6 is 11.3 Å². The summed E-state index contributed by atoms with van der Waals surface area (Å²) in [6.45, 7) is 1.03. The van der Waals surface area contributed by atoms with E-state index in [1.807, 2.05) is 0 Å².